The maximum Gasteiger partial charge on any atom is 0.227 e. The van der Waals surface area contributed by atoms with E-state index in [2.05, 4.69) is 19.1 Å². The third kappa shape index (κ3) is 5.05. The molecule has 1 aromatic rings. The van der Waals surface area contributed by atoms with Crippen LogP contribution in [0.4, 0.5) is 0 Å². The minimum absolute atomic E-state index is 0.0817. The molecule has 134 valence electrons. The number of rotatable bonds is 8. The van der Waals surface area contributed by atoms with Crippen molar-refractivity contribution < 1.29 is 14.7 Å². The van der Waals surface area contributed by atoms with E-state index in [9.17, 15) is 9.59 Å². The van der Waals surface area contributed by atoms with E-state index in [4.69, 9.17) is 5.11 Å². The Morgan fingerprint density at radius 2 is 2.25 bits per heavy atom. The molecule has 1 atom stereocenters. The van der Waals surface area contributed by atoms with Gasteiger partial charge in [-0.25, -0.2) is 0 Å². The molecular formula is C18H28N2O3S. The summed E-state index contributed by atoms with van der Waals surface area (Å²) in [5.74, 6) is 0.161. The van der Waals surface area contributed by atoms with Crippen LogP contribution in [0.15, 0.2) is 12.1 Å². The first kappa shape index (κ1) is 18.9. The number of aliphatic hydroxyl groups excluding tert-OH is 1. The van der Waals surface area contributed by atoms with Crippen molar-refractivity contribution in [2.24, 2.45) is 5.92 Å². The van der Waals surface area contributed by atoms with E-state index in [0.29, 0.717) is 38.9 Å². The summed E-state index contributed by atoms with van der Waals surface area (Å²) < 4.78 is 0. The highest BCUT2D eigenvalue weighted by molar-refractivity contribution is 7.11. The molecule has 1 aliphatic heterocycles. The molecule has 24 heavy (non-hydrogen) atoms. The van der Waals surface area contributed by atoms with Crippen LogP contribution in [0.2, 0.25) is 0 Å². The number of amides is 2. The summed E-state index contributed by atoms with van der Waals surface area (Å²) in [5.41, 5.74) is 0. The molecular weight excluding hydrogens is 324 g/mol. The average molecular weight is 353 g/mol. The van der Waals surface area contributed by atoms with Gasteiger partial charge in [0.1, 0.15) is 0 Å². The zero-order chi connectivity index (χ0) is 17.5. The van der Waals surface area contributed by atoms with Gasteiger partial charge >= 0.3 is 0 Å². The second kappa shape index (κ2) is 9.18. The Bertz CT molecular complexity index is 558. The summed E-state index contributed by atoms with van der Waals surface area (Å²) in [6.07, 6.45) is 2.59. The number of nitrogens with zero attached hydrogens (tertiary/aromatic N) is 2. The Morgan fingerprint density at radius 1 is 1.46 bits per heavy atom. The van der Waals surface area contributed by atoms with Crippen LogP contribution in [0.1, 0.15) is 42.4 Å². The molecule has 2 heterocycles. The number of hydrogen-bond donors (Lipinski definition) is 1. The third-order valence-electron chi connectivity index (χ3n) is 4.38. The molecule has 0 unspecified atom stereocenters. The molecule has 6 heteroatoms. The predicted octanol–water partition coefficient (Wildman–Crippen LogP) is 2.42. The van der Waals surface area contributed by atoms with Gasteiger partial charge < -0.3 is 14.9 Å². The molecule has 1 N–H and O–H groups in total. The fourth-order valence-corrected chi connectivity index (χ4v) is 4.05. The molecule has 0 aromatic carbocycles. The highest BCUT2D eigenvalue weighted by Crippen LogP contribution is 2.23. The van der Waals surface area contributed by atoms with Crippen LogP contribution in [-0.2, 0) is 16.1 Å². The lowest BCUT2D eigenvalue weighted by atomic mass is 9.95. The van der Waals surface area contributed by atoms with Gasteiger partial charge in [-0.3, -0.25) is 9.59 Å². The second-order valence-corrected chi connectivity index (χ2v) is 7.80. The smallest absolute Gasteiger partial charge is 0.227 e. The van der Waals surface area contributed by atoms with Crippen LogP contribution in [0, 0.1) is 12.8 Å². The summed E-state index contributed by atoms with van der Waals surface area (Å²) in [6.45, 7) is 6.60. The lowest BCUT2D eigenvalue weighted by molar-refractivity contribution is -0.143. The number of aliphatic hydroxyl groups is 1. The van der Waals surface area contributed by atoms with E-state index in [-0.39, 0.29) is 24.3 Å². The van der Waals surface area contributed by atoms with E-state index in [1.54, 1.807) is 11.3 Å². The van der Waals surface area contributed by atoms with Crippen LogP contribution in [0.25, 0.3) is 0 Å². The number of carbonyl (C=O) groups is 2. The number of carbonyl (C=O) groups excluding carboxylic acids is 2. The standard InChI is InChI=1S/C18H28N2O3S/c1-3-9-19-12-15(6-8-17(19)22)18(23)20(10-4-11-21)13-16-7-5-14(2)24-16/h5,7,15,21H,3-4,6,8-13H2,1-2H3/t15-/m0/s1. The largest absolute Gasteiger partial charge is 0.396 e. The minimum Gasteiger partial charge on any atom is -0.396 e. The summed E-state index contributed by atoms with van der Waals surface area (Å²) in [6, 6.07) is 4.13. The molecule has 0 saturated carbocycles. The fraction of sp³-hybridized carbons (Fsp3) is 0.667. The molecule has 2 rings (SSSR count). The summed E-state index contributed by atoms with van der Waals surface area (Å²) >= 11 is 1.70. The molecule has 5 nitrogen and oxygen atoms in total. The fourth-order valence-electron chi connectivity index (χ4n) is 3.15. The van der Waals surface area contributed by atoms with Gasteiger partial charge in [0, 0.05) is 42.4 Å². The van der Waals surface area contributed by atoms with Crippen molar-refractivity contribution >= 4 is 23.2 Å². The van der Waals surface area contributed by atoms with Gasteiger partial charge in [0.25, 0.3) is 0 Å². The summed E-state index contributed by atoms with van der Waals surface area (Å²) in [4.78, 5) is 31.0. The first-order chi connectivity index (χ1) is 11.5. The Hall–Kier alpha value is -1.40. The SMILES string of the molecule is CCCN1C[C@@H](C(=O)N(CCCO)Cc2ccc(C)s2)CCC1=O. The molecule has 1 aromatic heterocycles. The molecule has 2 amide bonds. The molecule has 1 saturated heterocycles. The van der Waals surface area contributed by atoms with Crippen molar-refractivity contribution in [3.8, 4) is 0 Å². The number of thiophene rings is 1. The minimum atomic E-state index is -0.117. The van der Waals surface area contributed by atoms with Gasteiger partial charge in [-0.15, -0.1) is 11.3 Å². The maximum absolute atomic E-state index is 13.0. The lowest BCUT2D eigenvalue weighted by Crippen LogP contribution is -2.47. The number of hydrogen-bond acceptors (Lipinski definition) is 4. The van der Waals surface area contributed by atoms with E-state index < -0.39 is 0 Å². The van der Waals surface area contributed by atoms with Crippen LogP contribution in [0.5, 0.6) is 0 Å². The summed E-state index contributed by atoms with van der Waals surface area (Å²) in [5, 5.41) is 9.14. The van der Waals surface area contributed by atoms with Gasteiger partial charge in [0.15, 0.2) is 0 Å². The van der Waals surface area contributed by atoms with E-state index >= 15 is 0 Å². The van der Waals surface area contributed by atoms with Crippen molar-refractivity contribution in [3.63, 3.8) is 0 Å². The molecule has 0 spiro atoms. The van der Waals surface area contributed by atoms with Crippen molar-refractivity contribution in [1.29, 1.82) is 0 Å². The van der Waals surface area contributed by atoms with Crippen LogP contribution < -0.4 is 0 Å². The summed E-state index contributed by atoms with van der Waals surface area (Å²) in [7, 11) is 0. The van der Waals surface area contributed by atoms with Gasteiger partial charge in [-0.05, 0) is 38.3 Å². The van der Waals surface area contributed by atoms with Gasteiger partial charge in [0.05, 0.1) is 12.5 Å². The van der Waals surface area contributed by atoms with Gasteiger partial charge in [0.2, 0.25) is 11.8 Å². The van der Waals surface area contributed by atoms with Gasteiger partial charge in [-0.1, -0.05) is 6.92 Å². The first-order valence-electron chi connectivity index (χ1n) is 8.77. The average Bonchev–Trinajstić information content (AvgIpc) is 2.98. The molecule has 1 fully saturated rings. The Morgan fingerprint density at radius 3 is 2.88 bits per heavy atom. The lowest BCUT2D eigenvalue weighted by Gasteiger charge is -2.34. The predicted molar refractivity (Wildman–Crippen MR) is 95.8 cm³/mol. The Balaban J connectivity index is 2.04. The van der Waals surface area contributed by atoms with Crippen LogP contribution in [0.3, 0.4) is 0 Å². The van der Waals surface area contributed by atoms with E-state index in [1.165, 1.54) is 4.88 Å². The monoisotopic (exact) mass is 352 g/mol. The molecule has 0 aliphatic carbocycles. The third-order valence-corrected chi connectivity index (χ3v) is 5.37. The number of likely N-dealkylation sites (tertiary alicyclic amines) is 1. The van der Waals surface area contributed by atoms with E-state index in [1.807, 2.05) is 16.7 Å². The van der Waals surface area contributed by atoms with Crippen molar-refractivity contribution in [2.75, 3.05) is 26.2 Å². The van der Waals surface area contributed by atoms with Crippen molar-refractivity contribution in [2.45, 2.75) is 46.1 Å². The number of piperidine rings is 1. The zero-order valence-corrected chi connectivity index (χ0v) is 15.5. The van der Waals surface area contributed by atoms with Gasteiger partial charge in [-0.2, -0.15) is 0 Å². The number of aryl methyl sites for hydroxylation is 1. The first-order valence-corrected chi connectivity index (χ1v) is 9.59. The molecule has 0 radical (unpaired) electrons. The van der Waals surface area contributed by atoms with Crippen LogP contribution >= 0.6 is 11.3 Å². The molecule has 0 bridgehead atoms. The Labute approximate surface area is 148 Å². The quantitative estimate of drug-likeness (QED) is 0.782. The normalized spacial score (nSPS) is 18.0. The second-order valence-electron chi connectivity index (χ2n) is 6.42. The highest BCUT2D eigenvalue weighted by atomic mass is 32.1. The molecule has 1 aliphatic rings. The maximum atomic E-state index is 13.0. The highest BCUT2D eigenvalue weighted by Gasteiger charge is 2.32. The Kier molecular flexibility index (Phi) is 7.24. The topological polar surface area (TPSA) is 60.9 Å². The van der Waals surface area contributed by atoms with Crippen molar-refractivity contribution in [1.82, 2.24) is 9.80 Å². The van der Waals surface area contributed by atoms with Crippen molar-refractivity contribution in [3.05, 3.63) is 21.9 Å². The van der Waals surface area contributed by atoms with Crippen LogP contribution in [-0.4, -0.2) is 53.0 Å². The zero-order valence-electron chi connectivity index (χ0n) is 14.7. The van der Waals surface area contributed by atoms with E-state index in [0.717, 1.165) is 17.8 Å².